The van der Waals surface area contributed by atoms with Crippen LogP contribution in [0.15, 0.2) is 0 Å². The van der Waals surface area contributed by atoms with Gasteiger partial charge in [-0.1, -0.05) is 105 Å². The first kappa shape index (κ1) is 21.9. The van der Waals surface area contributed by atoms with Crippen molar-refractivity contribution in [2.45, 2.75) is 105 Å². The van der Waals surface area contributed by atoms with Gasteiger partial charge in [0, 0.05) is 6.54 Å². The number of hydrogen-bond donors (Lipinski definition) is 2. The Kier molecular flexibility index (Phi) is 15.7. The molecule has 0 aliphatic carbocycles. The van der Waals surface area contributed by atoms with E-state index in [2.05, 4.69) is 33.1 Å². The van der Waals surface area contributed by atoms with E-state index in [1.807, 2.05) is 0 Å². The largest absolute Gasteiger partial charge is 0.271 e. The van der Waals surface area contributed by atoms with Crippen molar-refractivity contribution in [1.29, 1.82) is 0 Å². The minimum absolute atomic E-state index is 0.779. The predicted octanol–water partition coefficient (Wildman–Crippen LogP) is 6.06. The van der Waals surface area contributed by atoms with Crippen LogP contribution in [0.2, 0.25) is 0 Å². The number of nitrogens with one attached hydrogen (secondary N) is 1. The number of hydrazine groups is 1. The molecular formula is C20H44N2. The number of hydrogen-bond acceptors (Lipinski definition) is 2. The molecule has 3 N–H and O–H groups in total. The molecule has 0 atom stereocenters. The third kappa shape index (κ3) is 9.84. The molecular weight excluding hydrogens is 268 g/mol. The van der Waals surface area contributed by atoms with Gasteiger partial charge in [-0.25, -0.2) is 0 Å². The standard InChI is InChI=1S/C20H44N2/c1-5-9-13-18(14-10-6-2)20(17-22-21)19(15-11-7-3)16-12-8-4/h18-20,22H,5-17,21H2,1-4H3. The lowest BCUT2D eigenvalue weighted by atomic mass is 9.73. The van der Waals surface area contributed by atoms with Crippen molar-refractivity contribution in [3.63, 3.8) is 0 Å². The van der Waals surface area contributed by atoms with E-state index in [1.54, 1.807) is 0 Å². The molecule has 0 heterocycles. The van der Waals surface area contributed by atoms with E-state index < -0.39 is 0 Å². The van der Waals surface area contributed by atoms with E-state index in [0.717, 1.165) is 24.3 Å². The zero-order chi connectivity index (χ0) is 16.6. The Labute approximate surface area is 141 Å². The topological polar surface area (TPSA) is 38.0 Å². The molecule has 0 unspecified atom stereocenters. The number of rotatable bonds is 16. The van der Waals surface area contributed by atoms with Gasteiger partial charge < -0.3 is 0 Å². The molecule has 0 saturated heterocycles. The van der Waals surface area contributed by atoms with E-state index in [9.17, 15) is 0 Å². The van der Waals surface area contributed by atoms with Crippen molar-refractivity contribution in [2.24, 2.45) is 23.6 Å². The average molecular weight is 313 g/mol. The Morgan fingerprint density at radius 3 is 1.18 bits per heavy atom. The molecule has 134 valence electrons. The van der Waals surface area contributed by atoms with Crippen molar-refractivity contribution in [1.82, 2.24) is 5.43 Å². The lowest BCUT2D eigenvalue weighted by Crippen LogP contribution is -2.37. The van der Waals surface area contributed by atoms with Crippen molar-refractivity contribution in [3.8, 4) is 0 Å². The van der Waals surface area contributed by atoms with Crippen LogP contribution in [0.1, 0.15) is 105 Å². The van der Waals surface area contributed by atoms with Gasteiger partial charge >= 0.3 is 0 Å². The third-order valence-electron chi connectivity index (χ3n) is 5.28. The molecule has 22 heavy (non-hydrogen) atoms. The quantitative estimate of drug-likeness (QED) is 0.268. The van der Waals surface area contributed by atoms with Gasteiger partial charge in [0.05, 0.1) is 0 Å². The van der Waals surface area contributed by atoms with Crippen molar-refractivity contribution >= 4 is 0 Å². The molecule has 0 bridgehead atoms. The first-order chi connectivity index (χ1) is 10.7. The molecule has 0 aliphatic rings. The molecule has 0 saturated carbocycles. The highest BCUT2D eigenvalue weighted by atomic mass is 15.2. The maximum absolute atomic E-state index is 5.77. The van der Waals surface area contributed by atoms with E-state index in [-0.39, 0.29) is 0 Å². The van der Waals surface area contributed by atoms with Gasteiger partial charge in [-0.15, -0.1) is 0 Å². The smallest absolute Gasteiger partial charge is 0.0131 e. The summed E-state index contributed by atoms with van der Waals surface area (Å²) < 4.78 is 0. The minimum Gasteiger partial charge on any atom is -0.271 e. The van der Waals surface area contributed by atoms with Crippen molar-refractivity contribution in [2.75, 3.05) is 6.54 Å². The maximum Gasteiger partial charge on any atom is 0.0131 e. The molecule has 2 nitrogen and oxygen atoms in total. The second-order valence-electron chi connectivity index (χ2n) is 7.16. The Hall–Kier alpha value is -0.0800. The van der Waals surface area contributed by atoms with Crippen LogP contribution in [0.25, 0.3) is 0 Å². The Balaban J connectivity index is 4.88. The lowest BCUT2D eigenvalue weighted by Gasteiger charge is -2.34. The van der Waals surface area contributed by atoms with Crippen LogP contribution in [0.4, 0.5) is 0 Å². The van der Waals surface area contributed by atoms with Gasteiger partial charge in [0.1, 0.15) is 0 Å². The second-order valence-corrected chi connectivity index (χ2v) is 7.16. The molecule has 2 heteroatoms. The summed E-state index contributed by atoms with van der Waals surface area (Å²) in [5.74, 6) is 8.29. The first-order valence-electron chi connectivity index (χ1n) is 10.2. The van der Waals surface area contributed by atoms with E-state index >= 15 is 0 Å². The lowest BCUT2D eigenvalue weighted by molar-refractivity contribution is 0.169. The maximum atomic E-state index is 5.77. The van der Waals surface area contributed by atoms with E-state index in [4.69, 9.17) is 5.84 Å². The first-order valence-corrected chi connectivity index (χ1v) is 10.2. The Morgan fingerprint density at radius 1 is 0.636 bits per heavy atom. The molecule has 0 aromatic carbocycles. The fourth-order valence-corrected chi connectivity index (χ4v) is 3.86. The van der Waals surface area contributed by atoms with Gasteiger partial charge in [0.15, 0.2) is 0 Å². The number of nitrogens with two attached hydrogens (primary N) is 1. The Bertz CT molecular complexity index is 182. The fourth-order valence-electron chi connectivity index (χ4n) is 3.86. The summed E-state index contributed by atoms with van der Waals surface area (Å²) >= 11 is 0. The van der Waals surface area contributed by atoms with E-state index in [0.29, 0.717) is 0 Å². The normalized spacial score (nSPS) is 12.0. The van der Waals surface area contributed by atoms with Crippen molar-refractivity contribution < 1.29 is 0 Å². The molecule has 0 spiro atoms. The predicted molar refractivity (Wildman–Crippen MR) is 101 cm³/mol. The number of unbranched alkanes of at least 4 members (excludes halogenated alkanes) is 4. The van der Waals surface area contributed by atoms with Gasteiger partial charge in [-0.05, 0) is 17.8 Å². The highest BCUT2D eigenvalue weighted by molar-refractivity contribution is 4.79. The summed E-state index contributed by atoms with van der Waals surface area (Å²) in [6, 6.07) is 0. The molecule has 0 rings (SSSR count). The van der Waals surface area contributed by atoms with Crippen LogP contribution >= 0.6 is 0 Å². The highest BCUT2D eigenvalue weighted by Crippen LogP contribution is 2.35. The summed E-state index contributed by atoms with van der Waals surface area (Å²) in [5, 5.41) is 0. The van der Waals surface area contributed by atoms with Crippen LogP contribution in [-0.4, -0.2) is 6.54 Å². The Morgan fingerprint density at radius 2 is 0.955 bits per heavy atom. The summed E-state index contributed by atoms with van der Waals surface area (Å²) in [6.45, 7) is 10.3. The summed E-state index contributed by atoms with van der Waals surface area (Å²) in [5.41, 5.74) is 3.03. The van der Waals surface area contributed by atoms with E-state index in [1.165, 1.54) is 77.0 Å². The molecule has 0 fully saturated rings. The van der Waals surface area contributed by atoms with Crippen LogP contribution in [-0.2, 0) is 0 Å². The van der Waals surface area contributed by atoms with Crippen LogP contribution in [0.5, 0.6) is 0 Å². The molecule has 0 aromatic heterocycles. The summed E-state index contributed by atoms with van der Waals surface area (Å²) in [4.78, 5) is 0. The zero-order valence-electron chi connectivity index (χ0n) is 16.0. The zero-order valence-corrected chi connectivity index (χ0v) is 16.0. The average Bonchev–Trinajstić information content (AvgIpc) is 2.54. The molecule has 0 aromatic rings. The molecule has 0 radical (unpaired) electrons. The molecule has 0 aliphatic heterocycles. The summed E-state index contributed by atoms with van der Waals surface area (Å²) in [6.07, 6.45) is 16.4. The van der Waals surface area contributed by atoms with Gasteiger partial charge in [-0.2, -0.15) is 0 Å². The van der Waals surface area contributed by atoms with Gasteiger partial charge in [0.25, 0.3) is 0 Å². The second kappa shape index (κ2) is 15.8. The fraction of sp³-hybridized carbons (Fsp3) is 1.00. The van der Waals surface area contributed by atoms with Gasteiger partial charge in [0.2, 0.25) is 0 Å². The third-order valence-corrected chi connectivity index (χ3v) is 5.28. The van der Waals surface area contributed by atoms with Crippen LogP contribution in [0.3, 0.4) is 0 Å². The highest BCUT2D eigenvalue weighted by Gasteiger charge is 2.27. The summed E-state index contributed by atoms with van der Waals surface area (Å²) in [7, 11) is 0. The van der Waals surface area contributed by atoms with Crippen LogP contribution < -0.4 is 11.3 Å². The SMILES string of the molecule is CCCCC(CCCC)C(CNN)C(CCCC)CCCC. The monoisotopic (exact) mass is 312 g/mol. The van der Waals surface area contributed by atoms with Crippen molar-refractivity contribution in [3.05, 3.63) is 0 Å². The molecule has 0 amide bonds. The minimum atomic E-state index is 0.779. The van der Waals surface area contributed by atoms with Crippen LogP contribution in [0, 0.1) is 17.8 Å². The van der Waals surface area contributed by atoms with Gasteiger partial charge in [-0.3, -0.25) is 11.3 Å².